The van der Waals surface area contributed by atoms with Crippen LogP contribution < -0.4 is 4.90 Å². The number of anilines is 1. The first-order valence-corrected chi connectivity index (χ1v) is 7.18. The molecule has 1 spiro atoms. The molecular formula is C14H20N6. The van der Waals surface area contributed by atoms with Crippen LogP contribution in [0, 0.1) is 0 Å². The highest BCUT2D eigenvalue weighted by molar-refractivity contribution is 5.87. The second kappa shape index (κ2) is 4.17. The van der Waals surface area contributed by atoms with E-state index in [-0.39, 0.29) is 0 Å². The van der Waals surface area contributed by atoms with Gasteiger partial charge in [0.2, 0.25) is 0 Å². The quantitative estimate of drug-likeness (QED) is 0.887. The summed E-state index contributed by atoms with van der Waals surface area (Å²) in [4.78, 5) is 14.4. The second-order valence-corrected chi connectivity index (χ2v) is 6.05. The van der Waals surface area contributed by atoms with Crippen molar-refractivity contribution in [3.63, 3.8) is 0 Å². The van der Waals surface area contributed by atoms with E-state index in [1.807, 2.05) is 6.20 Å². The highest BCUT2D eigenvalue weighted by Gasteiger charge is 2.52. The molecule has 20 heavy (non-hydrogen) atoms. The van der Waals surface area contributed by atoms with E-state index in [0.29, 0.717) is 5.54 Å². The smallest absolute Gasteiger partial charge is 0.142 e. The molecule has 1 aliphatic carbocycles. The van der Waals surface area contributed by atoms with Gasteiger partial charge in [0.15, 0.2) is 0 Å². The van der Waals surface area contributed by atoms with Crippen molar-refractivity contribution in [2.24, 2.45) is 0 Å². The summed E-state index contributed by atoms with van der Waals surface area (Å²) < 4.78 is 0. The Hall–Kier alpha value is -1.66. The highest BCUT2D eigenvalue weighted by Crippen LogP contribution is 2.45. The van der Waals surface area contributed by atoms with Gasteiger partial charge in [-0.25, -0.2) is 20.0 Å². The van der Waals surface area contributed by atoms with Crippen molar-refractivity contribution in [1.82, 2.24) is 25.0 Å². The van der Waals surface area contributed by atoms with E-state index in [9.17, 15) is 0 Å². The molecule has 0 atom stereocenters. The van der Waals surface area contributed by atoms with Crippen molar-refractivity contribution >= 4 is 16.9 Å². The minimum atomic E-state index is 0.329. The van der Waals surface area contributed by atoms with Crippen LogP contribution in [0.5, 0.6) is 0 Å². The number of fused-ring (bicyclic) bond motifs is 1. The lowest BCUT2D eigenvalue weighted by Crippen LogP contribution is -2.59. The Kier molecular flexibility index (Phi) is 2.52. The maximum atomic E-state index is 4.53. The first-order chi connectivity index (χ1) is 9.70. The molecule has 0 bridgehead atoms. The van der Waals surface area contributed by atoms with Crippen LogP contribution in [0.25, 0.3) is 11.0 Å². The third-order valence-corrected chi connectivity index (χ3v) is 4.56. The van der Waals surface area contributed by atoms with Crippen LogP contribution in [0.2, 0.25) is 0 Å². The third kappa shape index (κ3) is 1.72. The summed E-state index contributed by atoms with van der Waals surface area (Å²) in [5.41, 5.74) is 1.25. The van der Waals surface area contributed by atoms with Gasteiger partial charge in [0, 0.05) is 39.9 Å². The summed E-state index contributed by atoms with van der Waals surface area (Å²) in [5, 5.41) is 5.89. The van der Waals surface area contributed by atoms with E-state index in [0.717, 1.165) is 36.5 Å². The van der Waals surface area contributed by atoms with Gasteiger partial charge in [0.25, 0.3) is 0 Å². The fraction of sp³-hybridized carbons (Fsp3) is 0.571. The molecule has 1 saturated heterocycles. The molecule has 2 aromatic rings. The molecular weight excluding hydrogens is 252 g/mol. The minimum absolute atomic E-state index is 0.329. The first kappa shape index (κ1) is 12.1. The average Bonchev–Trinajstić information content (AvgIpc) is 3.03. The van der Waals surface area contributed by atoms with Crippen molar-refractivity contribution in [1.29, 1.82) is 0 Å². The van der Waals surface area contributed by atoms with Gasteiger partial charge >= 0.3 is 0 Å². The number of piperazine rings is 1. The number of aromatic amines is 1. The Balaban J connectivity index is 1.66. The lowest BCUT2D eigenvalue weighted by atomic mass is 10.1. The van der Waals surface area contributed by atoms with E-state index in [4.69, 9.17) is 0 Å². The summed E-state index contributed by atoms with van der Waals surface area (Å²) in [6.07, 6.45) is 6.16. The molecule has 0 unspecified atom stereocenters. The Morgan fingerprint density at radius 3 is 2.85 bits per heavy atom. The Labute approximate surface area is 118 Å². The monoisotopic (exact) mass is 272 g/mol. The Morgan fingerprint density at radius 2 is 2.10 bits per heavy atom. The van der Waals surface area contributed by atoms with Crippen molar-refractivity contribution < 1.29 is 0 Å². The number of hydrogen-bond donors (Lipinski definition) is 1. The van der Waals surface area contributed by atoms with Crippen LogP contribution in [0.3, 0.4) is 0 Å². The number of nitrogens with one attached hydrogen (secondary N) is 1. The molecule has 1 N–H and O–H groups in total. The Morgan fingerprint density at radius 1 is 1.25 bits per heavy atom. The molecule has 0 aromatic carbocycles. The predicted octanol–water partition coefficient (Wildman–Crippen LogP) is 1.09. The van der Waals surface area contributed by atoms with E-state index in [1.54, 1.807) is 6.33 Å². The molecule has 0 amide bonds. The maximum Gasteiger partial charge on any atom is 0.142 e. The summed E-state index contributed by atoms with van der Waals surface area (Å²) in [6, 6.07) is 2.07. The van der Waals surface area contributed by atoms with Gasteiger partial charge < -0.3 is 9.88 Å². The van der Waals surface area contributed by atoms with Crippen LogP contribution in [0.4, 0.5) is 5.82 Å². The molecule has 3 heterocycles. The zero-order chi connectivity index (χ0) is 13.7. The summed E-state index contributed by atoms with van der Waals surface area (Å²) in [7, 11) is 4.29. The van der Waals surface area contributed by atoms with Crippen LogP contribution in [0.1, 0.15) is 12.8 Å². The van der Waals surface area contributed by atoms with E-state index in [2.05, 4.69) is 50.0 Å². The molecule has 1 saturated carbocycles. The summed E-state index contributed by atoms with van der Waals surface area (Å²) in [5.74, 6) is 1.07. The number of H-pyrrole nitrogens is 1. The van der Waals surface area contributed by atoms with Crippen LogP contribution in [-0.4, -0.2) is 64.2 Å². The number of aromatic nitrogens is 3. The minimum Gasteiger partial charge on any atom is -0.353 e. The van der Waals surface area contributed by atoms with E-state index in [1.165, 1.54) is 12.8 Å². The Bertz CT molecular complexity index is 629. The number of hydrazine groups is 1. The van der Waals surface area contributed by atoms with E-state index < -0.39 is 0 Å². The standard InChI is InChI=1S/C14H20N6/c1-18(2)20-8-7-19(9-14(20)4-5-14)13-11-3-6-15-12(11)16-10-17-13/h3,6,10H,4-5,7-9H2,1-2H3,(H,15,16,17). The van der Waals surface area contributed by atoms with Crippen LogP contribution in [0.15, 0.2) is 18.6 Å². The lowest BCUT2D eigenvalue weighted by molar-refractivity contribution is -0.0384. The molecule has 6 nitrogen and oxygen atoms in total. The van der Waals surface area contributed by atoms with E-state index >= 15 is 0 Å². The van der Waals surface area contributed by atoms with Gasteiger partial charge in [-0.15, -0.1) is 0 Å². The fourth-order valence-electron chi connectivity index (χ4n) is 3.44. The van der Waals surface area contributed by atoms with Crippen molar-refractivity contribution in [3.8, 4) is 0 Å². The zero-order valence-electron chi connectivity index (χ0n) is 12.0. The largest absolute Gasteiger partial charge is 0.353 e. The van der Waals surface area contributed by atoms with Crippen molar-refractivity contribution in [2.45, 2.75) is 18.4 Å². The van der Waals surface area contributed by atoms with Crippen LogP contribution in [-0.2, 0) is 0 Å². The molecule has 2 aromatic heterocycles. The molecule has 4 rings (SSSR count). The van der Waals surface area contributed by atoms with Gasteiger partial charge in [-0.1, -0.05) is 0 Å². The van der Waals surface area contributed by atoms with Crippen molar-refractivity contribution in [3.05, 3.63) is 18.6 Å². The predicted molar refractivity (Wildman–Crippen MR) is 78.5 cm³/mol. The van der Waals surface area contributed by atoms with Crippen LogP contribution >= 0.6 is 0 Å². The molecule has 106 valence electrons. The first-order valence-electron chi connectivity index (χ1n) is 7.18. The number of rotatable bonds is 2. The van der Waals surface area contributed by atoms with Gasteiger partial charge in [0.1, 0.15) is 17.8 Å². The van der Waals surface area contributed by atoms with Gasteiger partial charge in [-0.3, -0.25) is 0 Å². The van der Waals surface area contributed by atoms with Crippen molar-refractivity contribution in [2.75, 3.05) is 38.6 Å². The lowest BCUT2D eigenvalue weighted by Gasteiger charge is -2.45. The second-order valence-electron chi connectivity index (χ2n) is 6.05. The number of hydrogen-bond acceptors (Lipinski definition) is 5. The fourth-order valence-corrected chi connectivity index (χ4v) is 3.44. The highest BCUT2D eigenvalue weighted by atomic mass is 15.7. The average molecular weight is 272 g/mol. The summed E-state index contributed by atoms with van der Waals surface area (Å²) >= 11 is 0. The zero-order valence-corrected chi connectivity index (χ0v) is 12.0. The third-order valence-electron chi connectivity index (χ3n) is 4.56. The van der Waals surface area contributed by atoms with Gasteiger partial charge in [0.05, 0.1) is 10.9 Å². The molecule has 2 aliphatic rings. The topological polar surface area (TPSA) is 51.3 Å². The molecule has 0 radical (unpaired) electrons. The number of nitrogens with zero attached hydrogens (tertiary/aromatic N) is 5. The molecule has 6 heteroatoms. The SMILES string of the molecule is CN(C)N1CCN(c2ncnc3[nH]ccc23)CC12CC2. The van der Waals surface area contributed by atoms with Gasteiger partial charge in [-0.05, 0) is 18.9 Å². The summed E-state index contributed by atoms with van der Waals surface area (Å²) in [6.45, 7) is 3.13. The maximum absolute atomic E-state index is 4.53. The molecule has 1 aliphatic heterocycles. The molecule has 2 fully saturated rings. The van der Waals surface area contributed by atoms with Gasteiger partial charge in [-0.2, -0.15) is 0 Å². The normalized spacial score (nSPS) is 22.1.